The van der Waals surface area contributed by atoms with Crippen LogP contribution >= 0.6 is 0 Å². The molecule has 1 heterocycles. The van der Waals surface area contributed by atoms with E-state index >= 15 is 0 Å². The van der Waals surface area contributed by atoms with Crippen molar-refractivity contribution in [3.63, 3.8) is 0 Å². The van der Waals surface area contributed by atoms with Crippen LogP contribution < -0.4 is 0 Å². The third-order valence-corrected chi connectivity index (χ3v) is 0.812. The van der Waals surface area contributed by atoms with E-state index in [9.17, 15) is 4.79 Å². The van der Waals surface area contributed by atoms with E-state index in [1.54, 1.807) is 7.05 Å². The Kier molecular flexibility index (Phi) is 3.41. The summed E-state index contributed by atoms with van der Waals surface area (Å²) in [6, 6.07) is 0. The molecular formula is C4H5N2OY-. The van der Waals surface area contributed by atoms with E-state index in [1.807, 2.05) is 0 Å². The maximum atomic E-state index is 10.3. The predicted octanol–water partition coefficient (Wildman–Crippen LogP) is -0.291. The smallest absolute Gasteiger partial charge is 0.212 e. The zero-order valence-corrected chi connectivity index (χ0v) is 7.43. The first-order chi connectivity index (χ1) is 3.30. The van der Waals surface area contributed by atoms with Crippen LogP contribution in [0, 0.1) is 0 Å². The van der Waals surface area contributed by atoms with Gasteiger partial charge in [-0.15, -0.1) is 0 Å². The van der Waals surface area contributed by atoms with Gasteiger partial charge in [0.1, 0.15) is 0 Å². The first-order valence-electron chi connectivity index (χ1n) is 2.01. The summed E-state index contributed by atoms with van der Waals surface area (Å²) in [6.45, 7) is 0. The van der Waals surface area contributed by atoms with Crippen molar-refractivity contribution in [2.45, 2.75) is 6.42 Å². The average Bonchev–Trinajstić information content (AvgIpc) is 1.91. The van der Waals surface area contributed by atoms with Crippen LogP contribution in [0.5, 0.6) is 0 Å². The standard InChI is InChI=1S/C4H5N2O.Y/c1-6-4(7)2-3-5-6;/h2H2,1H3;/q-1;. The molecule has 1 rings (SSSR count). The number of carbonyl (C=O) groups excluding carboxylic acids is 1. The molecule has 4 heteroatoms. The molecule has 0 unspecified atom stereocenters. The molecular weight excluding hydrogens is 181 g/mol. The molecule has 0 N–H and O–H groups in total. The summed E-state index contributed by atoms with van der Waals surface area (Å²) in [5.74, 6) is 0.0139. The minimum Gasteiger partial charge on any atom is -0.395 e. The molecule has 1 radical (unpaired) electrons. The molecule has 0 aliphatic carbocycles. The Morgan fingerprint density at radius 3 is 2.62 bits per heavy atom. The van der Waals surface area contributed by atoms with Crippen LogP contribution in [0.15, 0.2) is 5.10 Å². The monoisotopic (exact) mass is 186 g/mol. The molecule has 0 aromatic carbocycles. The normalized spacial score (nSPS) is 16.6. The van der Waals surface area contributed by atoms with E-state index in [0.717, 1.165) is 0 Å². The Balaban J connectivity index is 0.000000490. The van der Waals surface area contributed by atoms with Gasteiger partial charge in [-0.05, 0) is 0 Å². The van der Waals surface area contributed by atoms with Gasteiger partial charge in [0.15, 0.2) is 0 Å². The van der Waals surface area contributed by atoms with Gasteiger partial charge in [-0.1, -0.05) is 6.42 Å². The number of hydrogen-bond acceptors (Lipinski definition) is 2. The molecule has 0 fully saturated rings. The van der Waals surface area contributed by atoms with Gasteiger partial charge < -0.3 is 11.3 Å². The molecule has 0 spiro atoms. The van der Waals surface area contributed by atoms with E-state index in [2.05, 4.69) is 11.3 Å². The summed E-state index contributed by atoms with van der Waals surface area (Å²) in [5.41, 5.74) is 0. The molecule has 8 heavy (non-hydrogen) atoms. The molecule has 0 aromatic rings. The Hall–Kier alpha value is 0.244. The number of nitrogens with zero attached hydrogens (tertiary/aromatic N) is 2. The number of amides is 1. The van der Waals surface area contributed by atoms with Crippen LogP contribution in [-0.2, 0) is 37.5 Å². The molecule has 0 atom stereocenters. The van der Waals surface area contributed by atoms with Crippen molar-refractivity contribution in [3.05, 3.63) is 0 Å². The zero-order chi connectivity index (χ0) is 5.28. The van der Waals surface area contributed by atoms with Crippen LogP contribution in [0.4, 0.5) is 0 Å². The molecule has 0 aromatic heterocycles. The SMILES string of the molecule is CN1N=[C-]CC1=O.[Y]. The second-order valence-corrected chi connectivity index (χ2v) is 1.35. The quantitative estimate of drug-likeness (QED) is 0.478. The summed E-state index contributed by atoms with van der Waals surface area (Å²) in [7, 11) is 1.61. The fraction of sp³-hybridized carbons (Fsp3) is 0.500. The Bertz CT molecular complexity index is 123. The van der Waals surface area contributed by atoms with Crippen LogP contribution in [0.25, 0.3) is 0 Å². The fourth-order valence-corrected chi connectivity index (χ4v) is 0.379. The van der Waals surface area contributed by atoms with Crippen molar-refractivity contribution in [3.8, 4) is 0 Å². The van der Waals surface area contributed by atoms with E-state index in [0.29, 0.717) is 6.42 Å². The molecule has 1 amide bonds. The molecule has 1 aliphatic rings. The first-order valence-corrected chi connectivity index (χ1v) is 2.01. The topological polar surface area (TPSA) is 32.7 Å². The van der Waals surface area contributed by atoms with Crippen molar-refractivity contribution < 1.29 is 37.5 Å². The third-order valence-electron chi connectivity index (χ3n) is 0.812. The summed E-state index contributed by atoms with van der Waals surface area (Å²) in [5, 5.41) is 4.83. The van der Waals surface area contributed by atoms with Gasteiger partial charge >= 0.3 is 0 Å². The van der Waals surface area contributed by atoms with E-state index in [1.165, 1.54) is 5.01 Å². The van der Waals surface area contributed by atoms with Gasteiger partial charge in [-0.25, -0.2) is 0 Å². The van der Waals surface area contributed by atoms with Gasteiger partial charge in [0.2, 0.25) is 5.91 Å². The van der Waals surface area contributed by atoms with Gasteiger partial charge in [0, 0.05) is 39.8 Å². The largest absolute Gasteiger partial charge is 0.395 e. The molecule has 0 saturated carbocycles. The van der Waals surface area contributed by atoms with Crippen LogP contribution in [0.3, 0.4) is 0 Å². The van der Waals surface area contributed by atoms with Gasteiger partial charge in [0.05, 0.1) is 0 Å². The van der Waals surface area contributed by atoms with E-state index in [4.69, 9.17) is 0 Å². The second-order valence-electron chi connectivity index (χ2n) is 1.35. The molecule has 1 aliphatic heterocycles. The summed E-state index contributed by atoms with van der Waals surface area (Å²) >= 11 is 0. The minimum absolute atomic E-state index is 0. The molecule has 0 bridgehead atoms. The Labute approximate surface area is 73.0 Å². The van der Waals surface area contributed by atoms with Crippen molar-refractivity contribution in [1.29, 1.82) is 0 Å². The summed E-state index contributed by atoms with van der Waals surface area (Å²) < 4.78 is 0. The average molecular weight is 186 g/mol. The van der Waals surface area contributed by atoms with Gasteiger partial charge in [-0.2, -0.15) is 0 Å². The summed E-state index contributed by atoms with van der Waals surface area (Å²) in [4.78, 5) is 10.3. The second kappa shape index (κ2) is 3.31. The zero-order valence-electron chi connectivity index (χ0n) is 4.59. The Morgan fingerprint density at radius 1 is 1.88 bits per heavy atom. The number of rotatable bonds is 0. The van der Waals surface area contributed by atoms with Crippen LogP contribution in [0.1, 0.15) is 6.42 Å². The van der Waals surface area contributed by atoms with Crippen molar-refractivity contribution in [2.24, 2.45) is 5.10 Å². The van der Waals surface area contributed by atoms with Crippen molar-refractivity contribution in [2.75, 3.05) is 7.05 Å². The van der Waals surface area contributed by atoms with E-state index in [-0.39, 0.29) is 38.6 Å². The fourth-order valence-electron chi connectivity index (χ4n) is 0.379. The predicted molar refractivity (Wildman–Crippen MR) is 24.8 cm³/mol. The number of hydrogen-bond donors (Lipinski definition) is 0. The van der Waals surface area contributed by atoms with Gasteiger partial charge in [0.25, 0.3) is 0 Å². The first kappa shape index (κ1) is 8.24. The van der Waals surface area contributed by atoms with Gasteiger partial charge in [-0.3, -0.25) is 9.80 Å². The van der Waals surface area contributed by atoms with Crippen molar-refractivity contribution in [1.82, 2.24) is 5.01 Å². The minimum atomic E-state index is 0. The Morgan fingerprint density at radius 2 is 2.50 bits per heavy atom. The van der Waals surface area contributed by atoms with E-state index < -0.39 is 0 Å². The maximum Gasteiger partial charge on any atom is 0.212 e. The summed E-state index contributed by atoms with van der Waals surface area (Å²) in [6.07, 6.45) is 2.87. The van der Waals surface area contributed by atoms with Crippen LogP contribution in [-0.4, -0.2) is 24.2 Å². The third kappa shape index (κ3) is 1.64. The number of carbonyl (C=O) groups is 1. The van der Waals surface area contributed by atoms with Crippen LogP contribution in [0.2, 0.25) is 0 Å². The maximum absolute atomic E-state index is 10.3. The molecule has 0 saturated heterocycles. The van der Waals surface area contributed by atoms with Crippen molar-refractivity contribution >= 4 is 12.1 Å². The molecule has 41 valence electrons. The molecule has 3 nitrogen and oxygen atoms in total. The number of hydrazone groups is 1.